The van der Waals surface area contributed by atoms with Crippen LogP contribution in [0.5, 0.6) is 0 Å². The van der Waals surface area contributed by atoms with E-state index in [-0.39, 0.29) is 22.9 Å². The molecular formula is C9H12ClN3O3S. The molecule has 17 heavy (non-hydrogen) atoms. The van der Waals surface area contributed by atoms with Gasteiger partial charge in [-0.1, -0.05) is 11.6 Å². The Bertz CT molecular complexity index is 504. The molecule has 0 aliphatic heterocycles. The molecule has 6 nitrogen and oxygen atoms in total. The van der Waals surface area contributed by atoms with Crippen LogP contribution >= 0.6 is 11.6 Å². The van der Waals surface area contributed by atoms with Crippen LogP contribution in [0.25, 0.3) is 0 Å². The van der Waals surface area contributed by atoms with Crippen LogP contribution in [-0.4, -0.2) is 38.7 Å². The van der Waals surface area contributed by atoms with E-state index in [1.54, 1.807) is 0 Å². The number of carbonyl (C=O) groups excluding carboxylic acids is 1. The molecule has 1 aromatic heterocycles. The number of nitrogens with one attached hydrogen (secondary N) is 2. The van der Waals surface area contributed by atoms with E-state index < -0.39 is 15.9 Å². The molecule has 0 atom stereocenters. The number of carbonyl (C=O) groups is 1. The summed E-state index contributed by atoms with van der Waals surface area (Å²) >= 11 is 5.76. The predicted octanol–water partition coefficient (Wildman–Crippen LogP) is 0.0140. The molecule has 0 saturated heterocycles. The lowest BCUT2D eigenvalue weighted by Gasteiger charge is -2.06. The zero-order valence-corrected chi connectivity index (χ0v) is 10.7. The van der Waals surface area contributed by atoms with Crippen molar-refractivity contribution in [3.63, 3.8) is 0 Å². The van der Waals surface area contributed by atoms with Gasteiger partial charge in [0.25, 0.3) is 5.91 Å². The molecule has 0 fully saturated rings. The van der Waals surface area contributed by atoms with Gasteiger partial charge in [-0.05, 0) is 13.1 Å². The van der Waals surface area contributed by atoms with Crippen LogP contribution in [0.2, 0.25) is 5.02 Å². The second kappa shape index (κ2) is 5.95. The summed E-state index contributed by atoms with van der Waals surface area (Å²) in [5, 5.41) is 2.68. The third-order valence-corrected chi connectivity index (χ3v) is 3.65. The standard InChI is InChI=1S/C9H12ClN3O3S/c1-11-17(15,16)5-4-13-9(14)7-2-3-12-6-8(7)10/h2-3,6,11H,4-5H2,1H3,(H,13,14). The van der Waals surface area contributed by atoms with E-state index in [0.717, 1.165) is 0 Å². The van der Waals surface area contributed by atoms with E-state index in [1.165, 1.54) is 25.5 Å². The molecule has 0 saturated carbocycles. The van der Waals surface area contributed by atoms with Gasteiger partial charge < -0.3 is 5.32 Å². The van der Waals surface area contributed by atoms with Gasteiger partial charge in [-0.2, -0.15) is 0 Å². The molecule has 2 N–H and O–H groups in total. The van der Waals surface area contributed by atoms with E-state index in [9.17, 15) is 13.2 Å². The number of pyridine rings is 1. The summed E-state index contributed by atoms with van der Waals surface area (Å²) in [5.74, 6) is -0.610. The Morgan fingerprint density at radius 1 is 1.53 bits per heavy atom. The number of rotatable bonds is 5. The fourth-order valence-electron chi connectivity index (χ4n) is 1.06. The Hall–Kier alpha value is -1.18. The highest BCUT2D eigenvalue weighted by Gasteiger charge is 2.11. The van der Waals surface area contributed by atoms with Gasteiger partial charge in [0.2, 0.25) is 10.0 Å². The molecule has 8 heteroatoms. The Labute approximate surface area is 104 Å². The fourth-order valence-corrected chi connectivity index (χ4v) is 1.84. The van der Waals surface area contributed by atoms with Gasteiger partial charge in [0, 0.05) is 18.9 Å². The minimum absolute atomic E-state index is 0.0145. The topological polar surface area (TPSA) is 88.2 Å². The number of halogens is 1. The molecule has 0 aromatic carbocycles. The SMILES string of the molecule is CNS(=O)(=O)CCNC(=O)c1ccncc1Cl. The Balaban J connectivity index is 2.55. The molecule has 1 heterocycles. The van der Waals surface area contributed by atoms with Crippen LogP contribution < -0.4 is 10.0 Å². The second-order valence-electron chi connectivity index (χ2n) is 3.13. The quantitative estimate of drug-likeness (QED) is 0.794. The van der Waals surface area contributed by atoms with E-state index in [2.05, 4.69) is 15.0 Å². The third kappa shape index (κ3) is 4.29. The van der Waals surface area contributed by atoms with Gasteiger partial charge in [-0.15, -0.1) is 0 Å². The Morgan fingerprint density at radius 3 is 2.82 bits per heavy atom. The zero-order chi connectivity index (χ0) is 12.9. The first-order valence-electron chi connectivity index (χ1n) is 4.75. The number of sulfonamides is 1. The van der Waals surface area contributed by atoms with Crippen molar-refractivity contribution in [1.29, 1.82) is 0 Å². The minimum atomic E-state index is -3.32. The summed E-state index contributed by atoms with van der Waals surface area (Å²) in [5.41, 5.74) is 0.267. The molecule has 0 spiro atoms. The number of hydrogen-bond acceptors (Lipinski definition) is 4. The maximum atomic E-state index is 11.6. The minimum Gasteiger partial charge on any atom is -0.351 e. The molecule has 94 valence electrons. The second-order valence-corrected chi connectivity index (χ2v) is 5.59. The van der Waals surface area contributed by atoms with Gasteiger partial charge in [0.1, 0.15) is 0 Å². The van der Waals surface area contributed by atoms with Crippen molar-refractivity contribution < 1.29 is 13.2 Å². The average molecular weight is 278 g/mol. The summed E-state index contributed by atoms with van der Waals surface area (Å²) in [6.45, 7) is 0.0145. The van der Waals surface area contributed by atoms with Gasteiger partial charge in [0.15, 0.2) is 0 Å². The highest BCUT2D eigenvalue weighted by Crippen LogP contribution is 2.12. The first-order valence-corrected chi connectivity index (χ1v) is 6.78. The van der Waals surface area contributed by atoms with Crippen LogP contribution in [0.3, 0.4) is 0 Å². The van der Waals surface area contributed by atoms with E-state index in [4.69, 9.17) is 11.6 Å². The van der Waals surface area contributed by atoms with E-state index in [1.807, 2.05) is 0 Å². The van der Waals surface area contributed by atoms with E-state index in [0.29, 0.717) is 0 Å². The lowest BCUT2D eigenvalue weighted by atomic mass is 10.2. The molecule has 0 aliphatic rings. The maximum absolute atomic E-state index is 11.6. The van der Waals surface area contributed by atoms with E-state index >= 15 is 0 Å². The monoisotopic (exact) mass is 277 g/mol. The summed E-state index contributed by atoms with van der Waals surface area (Å²) in [4.78, 5) is 15.3. The van der Waals surface area contributed by atoms with Crippen molar-refractivity contribution in [2.45, 2.75) is 0 Å². The summed E-state index contributed by atoms with van der Waals surface area (Å²) in [7, 11) is -2.00. The van der Waals surface area contributed by atoms with Crippen LogP contribution in [-0.2, 0) is 10.0 Å². The number of amides is 1. The highest BCUT2D eigenvalue weighted by atomic mass is 35.5. The number of nitrogens with zero attached hydrogens (tertiary/aromatic N) is 1. The van der Waals surface area contributed by atoms with Gasteiger partial charge >= 0.3 is 0 Å². The van der Waals surface area contributed by atoms with Crippen LogP contribution in [0.15, 0.2) is 18.5 Å². The lowest BCUT2D eigenvalue weighted by molar-refractivity contribution is 0.0956. The van der Waals surface area contributed by atoms with Crippen LogP contribution in [0.1, 0.15) is 10.4 Å². The highest BCUT2D eigenvalue weighted by molar-refractivity contribution is 7.89. The van der Waals surface area contributed by atoms with Crippen LogP contribution in [0, 0.1) is 0 Å². The Kier molecular flexibility index (Phi) is 4.86. The summed E-state index contributed by atoms with van der Waals surface area (Å²) in [6.07, 6.45) is 2.78. The molecule has 0 radical (unpaired) electrons. The van der Waals surface area contributed by atoms with Gasteiger partial charge in [-0.25, -0.2) is 13.1 Å². The van der Waals surface area contributed by atoms with Gasteiger partial charge in [0.05, 0.1) is 16.3 Å². The number of hydrogen-bond donors (Lipinski definition) is 2. The molecule has 0 bridgehead atoms. The average Bonchev–Trinajstić information content (AvgIpc) is 2.29. The smallest absolute Gasteiger partial charge is 0.252 e. The fraction of sp³-hybridized carbons (Fsp3) is 0.333. The lowest BCUT2D eigenvalue weighted by Crippen LogP contribution is -2.33. The number of aromatic nitrogens is 1. The Morgan fingerprint density at radius 2 is 2.24 bits per heavy atom. The largest absolute Gasteiger partial charge is 0.351 e. The first-order chi connectivity index (χ1) is 7.96. The third-order valence-electron chi connectivity index (χ3n) is 1.98. The summed E-state index contributed by atoms with van der Waals surface area (Å²) < 4.78 is 24.3. The molecule has 0 aliphatic carbocycles. The van der Waals surface area contributed by atoms with Crippen molar-refractivity contribution in [2.75, 3.05) is 19.3 Å². The molecular weight excluding hydrogens is 266 g/mol. The van der Waals surface area contributed by atoms with Crippen molar-refractivity contribution in [1.82, 2.24) is 15.0 Å². The van der Waals surface area contributed by atoms with Crippen molar-refractivity contribution in [3.8, 4) is 0 Å². The van der Waals surface area contributed by atoms with Gasteiger partial charge in [-0.3, -0.25) is 9.78 Å². The molecule has 1 aromatic rings. The van der Waals surface area contributed by atoms with Crippen LogP contribution in [0.4, 0.5) is 0 Å². The van der Waals surface area contributed by atoms with Crippen molar-refractivity contribution >= 4 is 27.5 Å². The summed E-state index contributed by atoms with van der Waals surface area (Å²) in [6, 6.07) is 1.46. The zero-order valence-electron chi connectivity index (χ0n) is 9.10. The predicted molar refractivity (Wildman–Crippen MR) is 64.4 cm³/mol. The molecule has 0 unspecified atom stereocenters. The van der Waals surface area contributed by atoms with Crippen molar-refractivity contribution in [3.05, 3.63) is 29.0 Å². The first kappa shape index (κ1) is 13.9. The molecule has 1 rings (SSSR count). The maximum Gasteiger partial charge on any atom is 0.252 e. The molecule has 1 amide bonds. The normalized spacial score (nSPS) is 11.2. The van der Waals surface area contributed by atoms with Crippen molar-refractivity contribution in [2.24, 2.45) is 0 Å².